The fourth-order valence-electron chi connectivity index (χ4n) is 1.45. The number of alkyl halides is 2. The molecule has 1 N–H and O–H groups in total. The van der Waals surface area contributed by atoms with Crippen molar-refractivity contribution >= 4 is 29.1 Å². The molecule has 1 aliphatic rings. The number of hydrogen-bond donors (Lipinski definition) is 1. The van der Waals surface area contributed by atoms with Gasteiger partial charge < -0.3 is 10.1 Å². The van der Waals surface area contributed by atoms with E-state index in [4.69, 9.17) is 27.9 Å². The first-order chi connectivity index (χ1) is 6.87. The second kappa shape index (κ2) is 4.48. The largest absolute Gasteiger partial charge is 0.383 e. The molecule has 15 heavy (non-hydrogen) atoms. The van der Waals surface area contributed by atoms with Gasteiger partial charge in [-0.25, -0.2) is 0 Å². The van der Waals surface area contributed by atoms with Gasteiger partial charge in [0.1, 0.15) is 4.33 Å². The lowest BCUT2D eigenvalue weighted by atomic mass is 10.1. The Morgan fingerprint density at radius 3 is 2.47 bits per heavy atom. The van der Waals surface area contributed by atoms with Crippen molar-refractivity contribution in [3.8, 4) is 0 Å². The van der Waals surface area contributed by atoms with Crippen molar-refractivity contribution in [2.24, 2.45) is 5.41 Å². The van der Waals surface area contributed by atoms with Gasteiger partial charge in [-0.2, -0.15) is 0 Å². The molecular weight excluding hydrogens is 237 g/mol. The first-order valence-corrected chi connectivity index (χ1v) is 5.80. The Labute approximate surface area is 100 Å². The van der Waals surface area contributed by atoms with Gasteiger partial charge >= 0.3 is 0 Å². The highest BCUT2D eigenvalue weighted by Crippen LogP contribution is 2.63. The molecule has 0 spiro atoms. The minimum Gasteiger partial charge on any atom is -0.383 e. The zero-order chi connectivity index (χ0) is 11.7. The minimum atomic E-state index is -0.900. The highest BCUT2D eigenvalue weighted by atomic mass is 35.5. The van der Waals surface area contributed by atoms with E-state index in [0.717, 1.165) is 6.42 Å². The van der Waals surface area contributed by atoms with Gasteiger partial charge in [-0.05, 0) is 19.8 Å². The fourth-order valence-corrected chi connectivity index (χ4v) is 2.16. The number of amides is 1. The van der Waals surface area contributed by atoms with E-state index in [1.54, 1.807) is 14.0 Å². The third-order valence-electron chi connectivity index (χ3n) is 2.95. The average molecular weight is 254 g/mol. The predicted molar refractivity (Wildman–Crippen MR) is 61.3 cm³/mol. The molecule has 2 unspecified atom stereocenters. The number of halogens is 2. The molecular formula is C10H17Cl2NO2. The van der Waals surface area contributed by atoms with Crippen LogP contribution in [0.1, 0.15) is 26.7 Å². The van der Waals surface area contributed by atoms with Crippen LogP contribution in [0.15, 0.2) is 0 Å². The topological polar surface area (TPSA) is 38.3 Å². The molecule has 0 aliphatic heterocycles. The quantitative estimate of drug-likeness (QED) is 0.763. The Morgan fingerprint density at radius 1 is 1.60 bits per heavy atom. The van der Waals surface area contributed by atoms with Gasteiger partial charge in [0.05, 0.1) is 18.1 Å². The molecule has 1 saturated carbocycles. The number of nitrogens with one attached hydrogen (secondary N) is 1. The van der Waals surface area contributed by atoms with Gasteiger partial charge in [-0.1, -0.05) is 6.92 Å². The van der Waals surface area contributed by atoms with E-state index in [1.807, 2.05) is 6.92 Å². The molecule has 0 aromatic heterocycles. The second-order valence-electron chi connectivity index (χ2n) is 4.25. The third-order valence-corrected chi connectivity index (χ3v) is 4.06. The molecule has 1 rings (SSSR count). The smallest absolute Gasteiger partial charge is 0.229 e. The summed E-state index contributed by atoms with van der Waals surface area (Å²) >= 11 is 11.8. The van der Waals surface area contributed by atoms with Crippen LogP contribution in [-0.2, 0) is 9.53 Å². The van der Waals surface area contributed by atoms with Crippen LogP contribution in [-0.4, -0.2) is 30.0 Å². The molecule has 3 nitrogen and oxygen atoms in total. The molecule has 1 fully saturated rings. The van der Waals surface area contributed by atoms with E-state index in [1.165, 1.54) is 0 Å². The first kappa shape index (κ1) is 13.1. The van der Waals surface area contributed by atoms with Crippen molar-refractivity contribution in [3.63, 3.8) is 0 Å². The minimum absolute atomic E-state index is 0.0315. The van der Waals surface area contributed by atoms with E-state index < -0.39 is 9.75 Å². The van der Waals surface area contributed by atoms with Crippen molar-refractivity contribution < 1.29 is 9.53 Å². The molecule has 1 amide bonds. The molecule has 0 radical (unpaired) electrons. The van der Waals surface area contributed by atoms with Crippen LogP contribution in [0.3, 0.4) is 0 Å². The Hall–Kier alpha value is 0.01000. The Morgan fingerprint density at radius 2 is 2.13 bits per heavy atom. The maximum Gasteiger partial charge on any atom is 0.229 e. The highest BCUT2D eigenvalue weighted by Gasteiger charge is 2.67. The average Bonchev–Trinajstić information content (AvgIpc) is 2.66. The summed E-state index contributed by atoms with van der Waals surface area (Å²) in [5.41, 5.74) is -0.642. The monoisotopic (exact) mass is 253 g/mol. The normalized spacial score (nSPS) is 29.7. The SMILES string of the molecule is CCC(COC)NC(=O)C1(C)CC1(Cl)Cl. The molecule has 0 aromatic rings. The predicted octanol–water partition coefficient (Wildman–Crippen LogP) is 2.11. The number of carbonyl (C=O) groups is 1. The summed E-state index contributed by atoms with van der Waals surface area (Å²) in [5.74, 6) is -0.0867. The molecule has 5 heteroatoms. The molecule has 0 aromatic carbocycles. The van der Waals surface area contributed by atoms with Gasteiger partial charge in [0.15, 0.2) is 0 Å². The van der Waals surface area contributed by atoms with Crippen molar-refractivity contribution in [1.29, 1.82) is 0 Å². The lowest BCUT2D eigenvalue weighted by Crippen LogP contribution is -2.42. The Kier molecular flexibility index (Phi) is 3.90. The highest BCUT2D eigenvalue weighted by molar-refractivity contribution is 6.53. The van der Waals surface area contributed by atoms with Crippen molar-refractivity contribution in [2.45, 2.75) is 37.1 Å². The number of ether oxygens (including phenoxy) is 1. The van der Waals surface area contributed by atoms with E-state index >= 15 is 0 Å². The number of rotatable bonds is 5. The van der Waals surface area contributed by atoms with Gasteiger partial charge in [0.2, 0.25) is 5.91 Å². The summed E-state index contributed by atoms with van der Waals surface area (Å²) in [7, 11) is 1.61. The zero-order valence-corrected chi connectivity index (χ0v) is 10.8. The third kappa shape index (κ3) is 2.58. The van der Waals surface area contributed by atoms with Gasteiger partial charge in [0.25, 0.3) is 0 Å². The summed E-state index contributed by atoms with van der Waals surface area (Å²) in [5, 5.41) is 2.89. The Bertz CT molecular complexity index is 258. The fraction of sp³-hybridized carbons (Fsp3) is 0.900. The van der Waals surface area contributed by atoms with Gasteiger partial charge in [-0.15, -0.1) is 23.2 Å². The van der Waals surface area contributed by atoms with Crippen LogP contribution in [0.4, 0.5) is 0 Å². The van der Waals surface area contributed by atoms with E-state index in [9.17, 15) is 4.79 Å². The van der Waals surface area contributed by atoms with Gasteiger partial charge in [-0.3, -0.25) is 4.79 Å². The van der Waals surface area contributed by atoms with Crippen molar-refractivity contribution in [3.05, 3.63) is 0 Å². The van der Waals surface area contributed by atoms with Crippen LogP contribution in [0, 0.1) is 5.41 Å². The molecule has 2 atom stereocenters. The van der Waals surface area contributed by atoms with Crippen LogP contribution < -0.4 is 5.32 Å². The zero-order valence-electron chi connectivity index (χ0n) is 9.27. The number of carbonyl (C=O) groups excluding carboxylic acids is 1. The maximum atomic E-state index is 11.9. The summed E-state index contributed by atoms with van der Waals surface area (Å²) in [6, 6.07) is 0.0315. The summed E-state index contributed by atoms with van der Waals surface area (Å²) in [4.78, 5) is 11.9. The Balaban J connectivity index is 2.49. The van der Waals surface area contributed by atoms with Crippen LogP contribution in [0.25, 0.3) is 0 Å². The second-order valence-corrected chi connectivity index (χ2v) is 5.73. The number of hydrogen-bond acceptors (Lipinski definition) is 2. The van der Waals surface area contributed by atoms with Crippen LogP contribution >= 0.6 is 23.2 Å². The molecule has 0 bridgehead atoms. The van der Waals surface area contributed by atoms with Crippen molar-refractivity contribution in [1.82, 2.24) is 5.32 Å². The van der Waals surface area contributed by atoms with Crippen LogP contribution in [0.5, 0.6) is 0 Å². The summed E-state index contributed by atoms with van der Waals surface area (Å²) in [6.45, 7) is 4.28. The lowest BCUT2D eigenvalue weighted by molar-refractivity contribution is -0.126. The molecule has 0 heterocycles. The maximum absolute atomic E-state index is 11.9. The van der Waals surface area contributed by atoms with E-state index in [2.05, 4.69) is 5.32 Å². The standard InChI is InChI=1S/C10H17Cl2NO2/c1-4-7(5-15-3)13-8(14)9(2)6-10(9,11)12/h7H,4-6H2,1-3H3,(H,13,14). The number of methoxy groups -OCH3 is 1. The van der Waals surface area contributed by atoms with E-state index in [0.29, 0.717) is 13.0 Å². The molecule has 0 saturated heterocycles. The van der Waals surface area contributed by atoms with Crippen LogP contribution in [0.2, 0.25) is 0 Å². The summed E-state index contributed by atoms with van der Waals surface area (Å²) in [6.07, 6.45) is 1.34. The molecule has 88 valence electrons. The first-order valence-electron chi connectivity index (χ1n) is 5.05. The molecule has 1 aliphatic carbocycles. The van der Waals surface area contributed by atoms with E-state index in [-0.39, 0.29) is 11.9 Å². The lowest BCUT2D eigenvalue weighted by Gasteiger charge is -2.19. The summed E-state index contributed by atoms with van der Waals surface area (Å²) < 4.78 is 4.10. The van der Waals surface area contributed by atoms with Crippen molar-refractivity contribution in [2.75, 3.05) is 13.7 Å². The van der Waals surface area contributed by atoms with Gasteiger partial charge in [0, 0.05) is 7.11 Å².